The van der Waals surface area contributed by atoms with Crippen molar-refractivity contribution in [2.24, 2.45) is 0 Å². The summed E-state index contributed by atoms with van der Waals surface area (Å²) >= 11 is 0. The van der Waals surface area contributed by atoms with E-state index < -0.39 is 0 Å². The molecule has 0 aliphatic heterocycles. The first kappa shape index (κ1) is 26.7. The maximum Gasteiger partial charge on any atom is 4.00 e. The molecule has 0 aromatic rings. The Bertz CT molecular complexity index is 213. The molecule has 0 unspecified atom stereocenters. The Kier molecular flexibility index (Phi) is 27.1. The first-order valence-corrected chi connectivity index (χ1v) is 5.67. The van der Waals surface area contributed by atoms with Crippen molar-refractivity contribution >= 4 is 0 Å². The van der Waals surface area contributed by atoms with E-state index in [1.54, 1.807) is 0 Å². The van der Waals surface area contributed by atoms with Gasteiger partial charge in [0.15, 0.2) is 0 Å². The quantitative estimate of drug-likeness (QED) is 0.411. The summed E-state index contributed by atoms with van der Waals surface area (Å²) in [5.74, 6) is 0. The molecule has 0 heterocycles. The number of unbranched alkanes of at least 4 members (excludes halogenated alkanes) is 2. The van der Waals surface area contributed by atoms with Gasteiger partial charge in [-0.15, -0.1) is 0 Å². The minimum Gasteiger partial charge on any atom is -1.00 e. The average molecular weight is 375 g/mol. The van der Waals surface area contributed by atoms with Crippen molar-refractivity contribution < 1.29 is 63.4 Å². The molecule has 0 amide bonds. The zero-order valence-corrected chi connectivity index (χ0v) is 15.4. The summed E-state index contributed by atoms with van der Waals surface area (Å²) in [6.45, 7) is 4.50. The monoisotopic (exact) mass is 372 g/mol. The molecule has 0 aromatic heterocycles. The van der Waals surface area contributed by atoms with Gasteiger partial charge in [0, 0.05) is 0 Å². The zero-order chi connectivity index (χ0) is 9.52. The van der Waals surface area contributed by atoms with E-state index in [1.165, 1.54) is 56.1 Å². The van der Waals surface area contributed by atoms with Gasteiger partial charge in [-0.1, -0.05) is 58.8 Å². The first-order chi connectivity index (χ1) is 6.36. The fourth-order valence-electron chi connectivity index (χ4n) is 1.66. The summed E-state index contributed by atoms with van der Waals surface area (Å²) in [5.41, 5.74) is 3.00. The molecule has 98 valence electrons. The number of hydrogen-bond acceptors (Lipinski definition) is 0. The van der Waals surface area contributed by atoms with Crippen molar-refractivity contribution in [2.75, 3.05) is 0 Å². The fraction of sp³-hybridized carbons (Fsp3) is 0.692. The van der Waals surface area contributed by atoms with Gasteiger partial charge >= 0.3 is 26.2 Å². The van der Waals surface area contributed by atoms with Crippen molar-refractivity contribution in [1.29, 1.82) is 0 Å². The molecule has 0 saturated carbocycles. The molecule has 1 rings (SSSR count). The second kappa shape index (κ2) is 17.2. The number of halogens is 3. The largest absolute Gasteiger partial charge is 4.00 e. The van der Waals surface area contributed by atoms with E-state index in [0.717, 1.165) is 0 Å². The van der Waals surface area contributed by atoms with E-state index in [2.05, 4.69) is 26.0 Å². The number of hydrogen-bond donors (Lipinski definition) is 0. The average Bonchev–Trinajstić information content (AvgIpc) is 2.59. The van der Waals surface area contributed by atoms with Crippen LogP contribution in [0.4, 0.5) is 0 Å². The van der Waals surface area contributed by atoms with Gasteiger partial charge < -0.3 is 37.2 Å². The molecule has 17 heavy (non-hydrogen) atoms. The fourth-order valence-corrected chi connectivity index (χ4v) is 1.66. The third-order valence-corrected chi connectivity index (χ3v) is 2.56. The standard InChI is InChI=1S/C13H21.3ClH.Zr/c1-3-5-7-12-9-10-13(11-12)8-6-4-2;;;;/h9H,3-8,10H2,1-2H3;3*1H;/q-1;;;;+4/p-3. The first-order valence-electron chi connectivity index (χ1n) is 5.67. The molecule has 0 saturated heterocycles. The Morgan fingerprint density at radius 2 is 1.53 bits per heavy atom. The van der Waals surface area contributed by atoms with E-state index in [0.29, 0.717) is 0 Å². The van der Waals surface area contributed by atoms with E-state index in [-0.39, 0.29) is 63.4 Å². The molecule has 1 aliphatic carbocycles. The molecule has 0 spiro atoms. The Morgan fingerprint density at radius 3 is 2.06 bits per heavy atom. The van der Waals surface area contributed by atoms with E-state index in [1.807, 2.05) is 0 Å². The molecule has 4 heteroatoms. The molecule has 0 N–H and O–H groups in total. The molecular weight excluding hydrogens is 354 g/mol. The van der Waals surface area contributed by atoms with Crippen molar-refractivity contribution in [3.63, 3.8) is 0 Å². The van der Waals surface area contributed by atoms with Gasteiger partial charge in [-0.3, -0.25) is 0 Å². The zero-order valence-electron chi connectivity index (χ0n) is 10.7. The van der Waals surface area contributed by atoms with Crippen LogP contribution >= 0.6 is 0 Å². The van der Waals surface area contributed by atoms with Crippen molar-refractivity contribution in [2.45, 2.75) is 58.8 Å². The predicted octanol–water partition coefficient (Wildman–Crippen LogP) is -4.56. The van der Waals surface area contributed by atoms with Gasteiger partial charge in [0.25, 0.3) is 0 Å². The van der Waals surface area contributed by atoms with E-state index in [4.69, 9.17) is 0 Å². The Balaban J connectivity index is -0.000000211. The SMILES string of the molecule is CCCCC1=[C-]C(CCCC)=CC1.[Cl-].[Cl-].[Cl-].[Zr+4]. The third-order valence-electron chi connectivity index (χ3n) is 2.56. The molecule has 0 radical (unpaired) electrons. The van der Waals surface area contributed by atoms with Crippen LogP contribution in [0.25, 0.3) is 0 Å². The van der Waals surface area contributed by atoms with Crippen molar-refractivity contribution in [3.05, 3.63) is 23.3 Å². The maximum atomic E-state index is 3.54. The second-order valence-electron chi connectivity index (χ2n) is 3.87. The molecule has 0 bridgehead atoms. The topological polar surface area (TPSA) is 0 Å². The van der Waals surface area contributed by atoms with Crippen LogP contribution in [0.5, 0.6) is 0 Å². The van der Waals surface area contributed by atoms with Gasteiger partial charge in [-0.05, 0) is 0 Å². The van der Waals surface area contributed by atoms with Crippen LogP contribution in [-0.4, -0.2) is 0 Å². The molecule has 0 nitrogen and oxygen atoms in total. The van der Waals surface area contributed by atoms with Crippen LogP contribution in [-0.2, 0) is 26.2 Å². The van der Waals surface area contributed by atoms with Crippen LogP contribution in [0.15, 0.2) is 17.2 Å². The van der Waals surface area contributed by atoms with Gasteiger partial charge in [-0.25, -0.2) is 17.7 Å². The maximum absolute atomic E-state index is 3.54. The van der Waals surface area contributed by atoms with Crippen LogP contribution in [0.3, 0.4) is 0 Å². The summed E-state index contributed by atoms with van der Waals surface area (Å²) in [5, 5.41) is 0. The summed E-state index contributed by atoms with van der Waals surface area (Å²) < 4.78 is 0. The number of rotatable bonds is 6. The smallest absolute Gasteiger partial charge is 1.00 e. The third kappa shape index (κ3) is 12.0. The normalized spacial score (nSPS) is 12.1. The van der Waals surface area contributed by atoms with Crippen LogP contribution < -0.4 is 37.2 Å². The molecule has 0 fully saturated rings. The minimum atomic E-state index is 0. The molecule has 1 aliphatic rings. The minimum absolute atomic E-state index is 0. The Morgan fingerprint density at radius 1 is 1.00 bits per heavy atom. The second-order valence-corrected chi connectivity index (χ2v) is 3.87. The molecule has 0 aromatic carbocycles. The predicted molar refractivity (Wildman–Crippen MR) is 58.5 cm³/mol. The molecular formula is C13H21Cl3Zr. The van der Waals surface area contributed by atoms with Crippen molar-refractivity contribution in [3.8, 4) is 0 Å². The van der Waals surface area contributed by atoms with Gasteiger partial charge in [0.2, 0.25) is 0 Å². The summed E-state index contributed by atoms with van der Waals surface area (Å²) in [7, 11) is 0. The van der Waals surface area contributed by atoms with Gasteiger partial charge in [0.05, 0.1) is 0 Å². The van der Waals surface area contributed by atoms with Crippen LogP contribution in [0, 0.1) is 6.08 Å². The van der Waals surface area contributed by atoms with Crippen LogP contribution in [0.1, 0.15) is 58.8 Å². The van der Waals surface area contributed by atoms with E-state index >= 15 is 0 Å². The van der Waals surface area contributed by atoms with Gasteiger partial charge in [-0.2, -0.15) is 5.57 Å². The Hall–Kier alpha value is 1.23. The summed E-state index contributed by atoms with van der Waals surface area (Å²) in [6, 6.07) is 0. The summed E-state index contributed by atoms with van der Waals surface area (Å²) in [6.07, 6.45) is 14.8. The van der Waals surface area contributed by atoms with Crippen LogP contribution in [0.2, 0.25) is 0 Å². The number of allylic oxidation sites excluding steroid dienone is 4. The van der Waals surface area contributed by atoms with Crippen molar-refractivity contribution in [1.82, 2.24) is 0 Å². The Labute approximate surface area is 144 Å². The van der Waals surface area contributed by atoms with E-state index in [9.17, 15) is 0 Å². The molecule has 0 atom stereocenters. The van der Waals surface area contributed by atoms with Gasteiger partial charge in [0.1, 0.15) is 0 Å². The summed E-state index contributed by atoms with van der Waals surface area (Å²) in [4.78, 5) is 0.